The molecule has 0 atom stereocenters. The number of non-ortho nitro benzene ring substituents is 1. The van der Waals surface area contributed by atoms with Gasteiger partial charge in [0.05, 0.1) is 10.6 Å². The highest BCUT2D eigenvalue weighted by Gasteiger charge is 2.12. The second-order valence-corrected chi connectivity index (χ2v) is 6.88. The molecule has 0 radical (unpaired) electrons. The zero-order valence-corrected chi connectivity index (χ0v) is 16.0. The van der Waals surface area contributed by atoms with Gasteiger partial charge in [0, 0.05) is 41.6 Å². The first kappa shape index (κ1) is 21.0. The van der Waals surface area contributed by atoms with E-state index in [9.17, 15) is 28.5 Å². The smallest absolute Gasteiger partial charge is 0.269 e. The Morgan fingerprint density at radius 1 is 1.10 bits per heavy atom. The number of nitro benzene ring substituents is 1. The van der Waals surface area contributed by atoms with Gasteiger partial charge in [0.15, 0.2) is 16.8 Å². The van der Waals surface area contributed by atoms with E-state index in [1.54, 1.807) is 5.38 Å². The molecule has 2 N–H and O–H groups in total. The molecule has 0 aliphatic heterocycles. The molecule has 3 aromatic rings. The van der Waals surface area contributed by atoms with Crippen LogP contribution < -0.4 is 10.6 Å². The van der Waals surface area contributed by atoms with Crippen molar-refractivity contribution in [1.82, 2.24) is 10.3 Å². The number of nitro groups is 1. The maximum atomic E-state index is 13.3. The van der Waals surface area contributed by atoms with Crippen LogP contribution in [0.3, 0.4) is 0 Å². The van der Waals surface area contributed by atoms with Crippen LogP contribution in [0.15, 0.2) is 47.8 Å². The Morgan fingerprint density at radius 3 is 2.50 bits per heavy atom. The second-order valence-electron chi connectivity index (χ2n) is 6.02. The predicted molar refractivity (Wildman–Crippen MR) is 106 cm³/mol. The van der Waals surface area contributed by atoms with Crippen molar-refractivity contribution in [2.45, 2.75) is 6.42 Å². The number of hydrogen-bond acceptors (Lipinski definition) is 6. The average Bonchev–Trinajstić information content (AvgIpc) is 3.18. The number of nitrogens with zero attached hydrogens (tertiary/aromatic N) is 2. The number of aromatic nitrogens is 1. The highest BCUT2D eigenvalue weighted by molar-refractivity contribution is 7.14. The first-order valence-electron chi connectivity index (χ1n) is 8.57. The molecule has 0 bridgehead atoms. The predicted octanol–water partition coefficient (Wildman–Crippen LogP) is 3.76. The van der Waals surface area contributed by atoms with Gasteiger partial charge in [-0.05, 0) is 30.3 Å². The average molecular weight is 432 g/mol. The second kappa shape index (κ2) is 9.18. The lowest BCUT2D eigenvalue weighted by Gasteiger charge is -2.05. The van der Waals surface area contributed by atoms with E-state index >= 15 is 0 Å². The topological polar surface area (TPSA) is 114 Å². The highest BCUT2D eigenvalue weighted by Crippen LogP contribution is 2.26. The monoisotopic (exact) mass is 432 g/mol. The third-order valence-electron chi connectivity index (χ3n) is 3.94. The fraction of sp³-hybridized carbons (Fsp3) is 0.105. The summed E-state index contributed by atoms with van der Waals surface area (Å²) in [5.74, 6) is -2.81. The van der Waals surface area contributed by atoms with Crippen LogP contribution in [-0.2, 0) is 4.79 Å². The highest BCUT2D eigenvalue weighted by atomic mass is 32.1. The van der Waals surface area contributed by atoms with Gasteiger partial charge >= 0.3 is 0 Å². The van der Waals surface area contributed by atoms with Crippen LogP contribution in [0.2, 0.25) is 0 Å². The van der Waals surface area contributed by atoms with Crippen molar-refractivity contribution < 1.29 is 23.3 Å². The van der Waals surface area contributed by atoms with Crippen LogP contribution in [0.4, 0.5) is 19.6 Å². The molecule has 1 aromatic heterocycles. The number of thiazole rings is 1. The molecule has 0 saturated heterocycles. The summed E-state index contributed by atoms with van der Waals surface area (Å²) in [5.41, 5.74) is 0.871. The summed E-state index contributed by atoms with van der Waals surface area (Å²) >= 11 is 1.12. The van der Waals surface area contributed by atoms with Crippen molar-refractivity contribution in [2.24, 2.45) is 0 Å². The number of carbonyl (C=O) groups excluding carboxylic acids is 2. The molecular weight excluding hydrogens is 418 g/mol. The number of benzene rings is 2. The Morgan fingerprint density at radius 2 is 1.83 bits per heavy atom. The number of halogens is 2. The molecule has 0 spiro atoms. The fourth-order valence-electron chi connectivity index (χ4n) is 2.43. The molecule has 0 aliphatic carbocycles. The van der Waals surface area contributed by atoms with Gasteiger partial charge in [-0.3, -0.25) is 19.7 Å². The zero-order valence-electron chi connectivity index (χ0n) is 15.2. The van der Waals surface area contributed by atoms with Crippen LogP contribution in [0, 0.1) is 21.7 Å². The third kappa shape index (κ3) is 5.20. The molecule has 11 heteroatoms. The minimum atomic E-state index is -0.991. The van der Waals surface area contributed by atoms with Crippen molar-refractivity contribution >= 4 is 34.0 Å². The minimum Gasteiger partial charge on any atom is -0.352 e. The molecule has 0 aliphatic rings. The van der Waals surface area contributed by atoms with E-state index in [-0.39, 0.29) is 29.3 Å². The number of rotatable bonds is 7. The van der Waals surface area contributed by atoms with Gasteiger partial charge in [-0.25, -0.2) is 13.8 Å². The fourth-order valence-corrected chi connectivity index (χ4v) is 3.16. The molecule has 3 rings (SSSR count). The van der Waals surface area contributed by atoms with Gasteiger partial charge in [0.1, 0.15) is 0 Å². The number of amides is 2. The lowest BCUT2D eigenvalue weighted by atomic mass is 10.2. The largest absolute Gasteiger partial charge is 0.352 e. The van der Waals surface area contributed by atoms with E-state index in [1.165, 1.54) is 30.3 Å². The zero-order chi connectivity index (χ0) is 21.7. The molecule has 1 heterocycles. The van der Waals surface area contributed by atoms with E-state index in [2.05, 4.69) is 15.6 Å². The molecule has 8 nitrogen and oxygen atoms in total. The minimum absolute atomic E-state index is 0.0290. The van der Waals surface area contributed by atoms with E-state index in [1.807, 2.05) is 0 Å². The van der Waals surface area contributed by atoms with Crippen molar-refractivity contribution in [3.63, 3.8) is 0 Å². The Labute approximate surface area is 172 Å². The summed E-state index contributed by atoms with van der Waals surface area (Å²) in [6, 6.07) is 8.47. The standard InChI is InChI=1S/C19H14F2N4O4S/c20-14-6-3-12(9-15(14)21)16-10-30-19(23-16)24-17(26)7-8-22-18(27)11-1-4-13(5-2-11)25(28)29/h1-6,9-10H,7-8H2,(H,22,27)(H,23,24,26). The Balaban J connectivity index is 1.49. The third-order valence-corrected chi connectivity index (χ3v) is 4.70. The van der Waals surface area contributed by atoms with Gasteiger partial charge in [-0.2, -0.15) is 0 Å². The number of hydrogen-bond donors (Lipinski definition) is 2. The lowest BCUT2D eigenvalue weighted by Crippen LogP contribution is -2.27. The van der Waals surface area contributed by atoms with Gasteiger partial charge in [-0.1, -0.05) is 0 Å². The summed E-state index contributed by atoms with van der Waals surface area (Å²) in [6.45, 7) is 0.0447. The SMILES string of the molecule is O=C(CCNC(=O)c1ccc([N+](=O)[O-])cc1)Nc1nc(-c2ccc(F)c(F)c2)cs1. The normalized spacial score (nSPS) is 10.5. The number of carbonyl (C=O) groups is 2. The van der Waals surface area contributed by atoms with Crippen molar-refractivity contribution in [3.8, 4) is 11.3 Å². The van der Waals surface area contributed by atoms with Crippen LogP contribution in [0.5, 0.6) is 0 Å². The van der Waals surface area contributed by atoms with E-state index in [4.69, 9.17) is 0 Å². The maximum Gasteiger partial charge on any atom is 0.269 e. The first-order valence-corrected chi connectivity index (χ1v) is 9.45. The summed E-state index contributed by atoms with van der Waals surface area (Å²) in [4.78, 5) is 38.2. The Hall–Kier alpha value is -3.73. The summed E-state index contributed by atoms with van der Waals surface area (Å²) in [7, 11) is 0. The van der Waals surface area contributed by atoms with Gasteiger partial charge < -0.3 is 10.6 Å². The van der Waals surface area contributed by atoms with Crippen LogP contribution in [0.25, 0.3) is 11.3 Å². The summed E-state index contributed by atoms with van der Waals surface area (Å²) < 4.78 is 26.3. The Bertz CT molecular complexity index is 1100. The molecule has 0 saturated carbocycles. The molecule has 2 aromatic carbocycles. The van der Waals surface area contributed by atoms with Crippen molar-refractivity contribution in [3.05, 3.63) is 75.2 Å². The van der Waals surface area contributed by atoms with Gasteiger partial charge in [-0.15, -0.1) is 11.3 Å². The van der Waals surface area contributed by atoms with E-state index in [0.29, 0.717) is 11.3 Å². The Kier molecular flexibility index (Phi) is 6.42. The number of anilines is 1. The van der Waals surface area contributed by atoms with Crippen LogP contribution >= 0.6 is 11.3 Å². The molecule has 0 fully saturated rings. The lowest BCUT2D eigenvalue weighted by molar-refractivity contribution is -0.384. The molecule has 30 heavy (non-hydrogen) atoms. The van der Waals surface area contributed by atoms with Crippen LogP contribution in [0.1, 0.15) is 16.8 Å². The number of nitrogens with one attached hydrogen (secondary N) is 2. The van der Waals surface area contributed by atoms with Crippen LogP contribution in [-0.4, -0.2) is 28.3 Å². The molecule has 154 valence electrons. The first-order chi connectivity index (χ1) is 14.3. The maximum absolute atomic E-state index is 13.3. The van der Waals surface area contributed by atoms with E-state index < -0.39 is 28.4 Å². The molecule has 0 unspecified atom stereocenters. The van der Waals surface area contributed by atoms with Gasteiger partial charge in [0.25, 0.3) is 11.6 Å². The van der Waals surface area contributed by atoms with Gasteiger partial charge in [0.2, 0.25) is 5.91 Å². The van der Waals surface area contributed by atoms with E-state index in [0.717, 1.165) is 23.5 Å². The summed E-state index contributed by atoms with van der Waals surface area (Å²) in [5, 5.41) is 17.6. The molecule has 2 amide bonds. The summed E-state index contributed by atoms with van der Waals surface area (Å²) in [6.07, 6.45) is -0.0290. The van der Waals surface area contributed by atoms with Crippen molar-refractivity contribution in [2.75, 3.05) is 11.9 Å². The quantitative estimate of drug-likeness (QED) is 0.436. The molecular formula is C19H14F2N4O4S. The van der Waals surface area contributed by atoms with Crippen molar-refractivity contribution in [1.29, 1.82) is 0 Å².